The van der Waals surface area contributed by atoms with Gasteiger partial charge in [-0.15, -0.1) is 0 Å². The Morgan fingerprint density at radius 1 is 1.10 bits per heavy atom. The number of rotatable bonds is 2. The molecule has 1 fully saturated rings. The molecule has 3 heterocycles. The lowest BCUT2D eigenvalue weighted by Crippen LogP contribution is -2.27. The second-order valence-electron chi connectivity index (χ2n) is 5.48. The van der Waals surface area contributed by atoms with Gasteiger partial charge < -0.3 is 0 Å². The van der Waals surface area contributed by atoms with E-state index < -0.39 is 0 Å². The fraction of sp³-hybridized carbons (Fsp3) is 0.643. The predicted molar refractivity (Wildman–Crippen MR) is 79.7 cm³/mol. The van der Waals surface area contributed by atoms with Crippen molar-refractivity contribution in [3.8, 4) is 0 Å². The van der Waals surface area contributed by atoms with Crippen LogP contribution in [0.5, 0.6) is 0 Å². The number of hydrogen-bond donors (Lipinski definition) is 0. The maximum Gasteiger partial charge on any atom is 0.162 e. The zero-order chi connectivity index (χ0) is 13.9. The van der Waals surface area contributed by atoms with Gasteiger partial charge in [-0.05, 0) is 25.9 Å². The van der Waals surface area contributed by atoms with E-state index in [0.29, 0.717) is 5.15 Å². The minimum Gasteiger partial charge on any atom is -0.296 e. The third kappa shape index (κ3) is 2.94. The summed E-state index contributed by atoms with van der Waals surface area (Å²) >= 11 is 6.23. The highest BCUT2D eigenvalue weighted by atomic mass is 35.5. The second-order valence-corrected chi connectivity index (χ2v) is 5.84. The lowest BCUT2D eigenvalue weighted by atomic mass is 10.1. The molecule has 2 aromatic rings. The van der Waals surface area contributed by atoms with Crippen LogP contribution in [0.1, 0.15) is 37.9 Å². The van der Waals surface area contributed by atoms with Gasteiger partial charge in [0, 0.05) is 7.05 Å². The molecule has 0 unspecified atom stereocenters. The van der Waals surface area contributed by atoms with Crippen molar-refractivity contribution in [3.05, 3.63) is 17.2 Å². The molecule has 5 nitrogen and oxygen atoms in total. The molecule has 1 saturated heterocycles. The largest absolute Gasteiger partial charge is 0.296 e. The molecule has 20 heavy (non-hydrogen) atoms. The van der Waals surface area contributed by atoms with E-state index in [1.165, 1.54) is 32.1 Å². The summed E-state index contributed by atoms with van der Waals surface area (Å²) in [7, 11) is 1.88. The molecule has 0 amide bonds. The average molecular weight is 294 g/mol. The fourth-order valence-corrected chi connectivity index (χ4v) is 3.00. The molecule has 3 rings (SSSR count). The third-order valence-electron chi connectivity index (χ3n) is 3.91. The van der Waals surface area contributed by atoms with Gasteiger partial charge in [0.25, 0.3) is 0 Å². The summed E-state index contributed by atoms with van der Waals surface area (Å²) in [6.07, 6.45) is 8.29. The van der Waals surface area contributed by atoms with E-state index in [4.69, 9.17) is 11.6 Å². The Hall–Kier alpha value is -1.20. The van der Waals surface area contributed by atoms with Crippen molar-refractivity contribution >= 4 is 22.6 Å². The molecule has 0 bridgehead atoms. The molecule has 1 aliphatic heterocycles. The lowest BCUT2D eigenvalue weighted by Gasteiger charge is -2.23. The quantitative estimate of drug-likeness (QED) is 0.799. The average Bonchev–Trinajstić information content (AvgIpc) is 2.75. The first kappa shape index (κ1) is 13.8. The first-order valence-electron chi connectivity index (χ1n) is 7.30. The van der Waals surface area contributed by atoms with E-state index in [9.17, 15) is 0 Å². The van der Waals surface area contributed by atoms with Gasteiger partial charge in [0.05, 0.1) is 18.1 Å². The van der Waals surface area contributed by atoms with Gasteiger partial charge in [-0.2, -0.15) is 5.10 Å². The summed E-state index contributed by atoms with van der Waals surface area (Å²) in [4.78, 5) is 11.5. The molecule has 0 spiro atoms. The monoisotopic (exact) mass is 293 g/mol. The van der Waals surface area contributed by atoms with Crippen molar-refractivity contribution in [1.29, 1.82) is 0 Å². The highest BCUT2D eigenvalue weighted by Gasteiger charge is 2.14. The summed E-state index contributed by atoms with van der Waals surface area (Å²) in [5, 5.41) is 5.52. The summed E-state index contributed by atoms with van der Waals surface area (Å²) < 4.78 is 1.75. The Balaban J connectivity index is 1.80. The minimum atomic E-state index is 0.505. The predicted octanol–water partition coefficient (Wildman–Crippen LogP) is 2.78. The number of halogens is 1. The van der Waals surface area contributed by atoms with Crippen LogP contribution in [0.2, 0.25) is 5.15 Å². The molecule has 6 heteroatoms. The summed E-state index contributed by atoms with van der Waals surface area (Å²) in [6.45, 7) is 3.04. The van der Waals surface area contributed by atoms with Crippen LogP contribution in [0.15, 0.2) is 6.20 Å². The van der Waals surface area contributed by atoms with Gasteiger partial charge in [-0.1, -0.05) is 30.9 Å². The molecule has 0 N–H and O–H groups in total. The van der Waals surface area contributed by atoms with Crippen LogP contribution in [0.3, 0.4) is 0 Å². The molecule has 0 saturated carbocycles. The van der Waals surface area contributed by atoms with Crippen LogP contribution >= 0.6 is 11.6 Å². The van der Waals surface area contributed by atoms with Gasteiger partial charge in [0.1, 0.15) is 11.0 Å². The maximum absolute atomic E-state index is 6.23. The summed E-state index contributed by atoms with van der Waals surface area (Å²) in [5.41, 5.74) is 0.812. The van der Waals surface area contributed by atoms with Gasteiger partial charge in [0.2, 0.25) is 0 Å². The van der Waals surface area contributed by atoms with Crippen LogP contribution in [0, 0.1) is 0 Å². The van der Waals surface area contributed by atoms with Crippen molar-refractivity contribution < 1.29 is 0 Å². The Bertz CT molecular complexity index is 587. The molecule has 1 aliphatic rings. The van der Waals surface area contributed by atoms with E-state index in [0.717, 1.165) is 36.5 Å². The fourth-order valence-electron chi connectivity index (χ4n) is 2.77. The van der Waals surface area contributed by atoms with Crippen molar-refractivity contribution in [1.82, 2.24) is 24.6 Å². The van der Waals surface area contributed by atoms with E-state index in [-0.39, 0.29) is 0 Å². The second kappa shape index (κ2) is 6.06. The minimum absolute atomic E-state index is 0.505. The van der Waals surface area contributed by atoms with Crippen LogP contribution in [-0.2, 0) is 13.6 Å². The molecule has 2 aromatic heterocycles. The summed E-state index contributed by atoms with van der Waals surface area (Å²) in [6, 6.07) is 0. The highest BCUT2D eigenvalue weighted by molar-refractivity contribution is 6.33. The van der Waals surface area contributed by atoms with Crippen LogP contribution in [-0.4, -0.2) is 37.7 Å². The van der Waals surface area contributed by atoms with Crippen LogP contribution < -0.4 is 0 Å². The number of nitrogens with zero attached hydrogens (tertiary/aromatic N) is 5. The zero-order valence-electron chi connectivity index (χ0n) is 11.8. The van der Waals surface area contributed by atoms with Gasteiger partial charge in [0.15, 0.2) is 5.65 Å². The Kier molecular flexibility index (Phi) is 4.17. The van der Waals surface area contributed by atoms with E-state index in [1.807, 2.05) is 7.05 Å². The topological polar surface area (TPSA) is 46.8 Å². The maximum atomic E-state index is 6.23. The molecule has 0 aliphatic carbocycles. The van der Waals surface area contributed by atoms with Gasteiger partial charge in [-0.25, -0.2) is 9.97 Å². The smallest absolute Gasteiger partial charge is 0.162 e. The molecule has 0 aromatic carbocycles. The molecule has 0 atom stereocenters. The molecule has 108 valence electrons. The van der Waals surface area contributed by atoms with Gasteiger partial charge >= 0.3 is 0 Å². The van der Waals surface area contributed by atoms with E-state index >= 15 is 0 Å². The van der Waals surface area contributed by atoms with Crippen molar-refractivity contribution in [2.45, 2.75) is 38.6 Å². The summed E-state index contributed by atoms with van der Waals surface area (Å²) in [5.74, 6) is 0.798. The van der Waals surface area contributed by atoms with Gasteiger partial charge in [-0.3, -0.25) is 9.58 Å². The van der Waals surface area contributed by atoms with E-state index in [1.54, 1.807) is 10.9 Å². The molecular weight excluding hydrogens is 274 g/mol. The van der Waals surface area contributed by atoms with Crippen LogP contribution in [0.4, 0.5) is 0 Å². The van der Waals surface area contributed by atoms with Crippen molar-refractivity contribution in [3.63, 3.8) is 0 Å². The Morgan fingerprint density at radius 2 is 1.80 bits per heavy atom. The Morgan fingerprint density at radius 3 is 2.55 bits per heavy atom. The first-order chi connectivity index (χ1) is 9.74. The number of hydrogen-bond acceptors (Lipinski definition) is 4. The highest BCUT2D eigenvalue weighted by Crippen LogP contribution is 2.20. The van der Waals surface area contributed by atoms with Crippen LogP contribution in [0.25, 0.3) is 11.0 Å². The zero-order valence-corrected chi connectivity index (χ0v) is 12.6. The number of aryl methyl sites for hydroxylation is 1. The molecular formula is C14H20ClN5. The number of likely N-dealkylation sites (tertiary alicyclic amines) is 1. The third-order valence-corrected chi connectivity index (χ3v) is 4.19. The number of aromatic nitrogens is 4. The first-order valence-corrected chi connectivity index (χ1v) is 7.68. The van der Waals surface area contributed by atoms with Crippen molar-refractivity contribution in [2.75, 3.05) is 13.1 Å². The molecule has 0 radical (unpaired) electrons. The SMILES string of the molecule is Cn1ncc2c(Cl)nc(CN3CCCCCCC3)nc21. The number of fused-ring (bicyclic) bond motifs is 1. The Labute approximate surface area is 124 Å². The lowest BCUT2D eigenvalue weighted by molar-refractivity contribution is 0.234. The van der Waals surface area contributed by atoms with Crippen molar-refractivity contribution in [2.24, 2.45) is 7.05 Å². The standard InChI is InChI=1S/C14H20ClN5/c1-19-14-11(9-16-19)13(15)17-12(18-14)10-20-7-5-3-2-4-6-8-20/h9H,2-8,10H2,1H3. The van der Waals surface area contributed by atoms with E-state index in [2.05, 4.69) is 20.0 Å². The normalized spacial score (nSPS) is 18.1.